The summed E-state index contributed by atoms with van der Waals surface area (Å²) >= 11 is 7.22. The van der Waals surface area contributed by atoms with Gasteiger partial charge in [0.15, 0.2) is 0 Å². The lowest BCUT2D eigenvalue weighted by Crippen LogP contribution is -2.00. The van der Waals surface area contributed by atoms with Crippen LogP contribution in [-0.4, -0.2) is 9.36 Å². The maximum absolute atomic E-state index is 5.81. The van der Waals surface area contributed by atoms with Gasteiger partial charge in [0.2, 0.25) is 5.13 Å². The van der Waals surface area contributed by atoms with Crippen molar-refractivity contribution < 1.29 is 0 Å². The maximum atomic E-state index is 5.81. The molecule has 1 aromatic carbocycles. The lowest BCUT2D eigenvalue weighted by atomic mass is 10.1. The van der Waals surface area contributed by atoms with Crippen molar-refractivity contribution in [2.45, 2.75) is 32.2 Å². The Bertz CT molecular complexity index is 510. The van der Waals surface area contributed by atoms with E-state index in [-0.39, 0.29) is 0 Å². The fraction of sp³-hybridized carbons (Fsp3) is 0.385. The molecule has 2 aromatic rings. The van der Waals surface area contributed by atoms with Gasteiger partial charge in [-0.3, -0.25) is 0 Å². The first-order valence-corrected chi connectivity index (χ1v) is 7.21. The van der Waals surface area contributed by atoms with Crippen LogP contribution >= 0.6 is 23.1 Å². The molecule has 0 aliphatic heterocycles. The largest absolute Gasteiger partial charge is 0.356 e. The summed E-state index contributed by atoms with van der Waals surface area (Å²) in [6, 6.07) is 8.23. The van der Waals surface area contributed by atoms with Gasteiger partial charge in [0, 0.05) is 29.9 Å². The Morgan fingerprint density at radius 3 is 2.78 bits per heavy atom. The summed E-state index contributed by atoms with van der Waals surface area (Å²) in [7, 11) is 0. The van der Waals surface area contributed by atoms with E-state index in [0.29, 0.717) is 11.8 Å². The maximum Gasteiger partial charge on any atom is 0.202 e. The zero-order valence-corrected chi connectivity index (χ0v) is 12.1. The minimum absolute atomic E-state index is 0.372. The topological polar surface area (TPSA) is 37.8 Å². The predicted octanol–water partition coefficient (Wildman–Crippen LogP) is 4.01. The first kappa shape index (κ1) is 13.3. The van der Waals surface area contributed by atoms with E-state index in [0.717, 1.165) is 23.1 Å². The molecule has 0 saturated carbocycles. The molecule has 0 bridgehead atoms. The van der Waals surface area contributed by atoms with Crippen LogP contribution < -0.4 is 5.32 Å². The van der Waals surface area contributed by atoms with E-state index < -0.39 is 0 Å². The molecule has 1 heterocycles. The molecule has 0 amide bonds. The van der Waals surface area contributed by atoms with Crippen molar-refractivity contribution in [2.24, 2.45) is 0 Å². The molecule has 3 nitrogen and oxygen atoms in total. The number of nitrogens with zero attached hydrogens (tertiary/aromatic N) is 2. The van der Waals surface area contributed by atoms with Gasteiger partial charge in [0.25, 0.3) is 0 Å². The molecule has 2 rings (SSSR count). The quantitative estimate of drug-likeness (QED) is 0.842. The summed E-state index contributed by atoms with van der Waals surface area (Å²) < 4.78 is 4.31. The summed E-state index contributed by atoms with van der Waals surface area (Å²) in [4.78, 5) is 4.44. The molecule has 0 saturated heterocycles. The first-order valence-electron chi connectivity index (χ1n) is 5.90. The van der Waals surface area contributed by atoms with E-state index in [1.165, 1.54) is 17.1 Å². The number of hydrogen-bond donors (Lipinski definition) is 1. The van der Waals surface area contributed by atoms with E-state index in [1.54, 1.807) is 0 Å². The molecule has 0 aliphatic rings. The molecule has 18 heavy (non-hydrogen) atoms. The number of halogens is 1. The van der Waals surface area contributed by atoms with Gasteiger partial charge in [0.05, 0.1) is 0 Å². The SMILES string of the molecule is CC(C)c1nsc(NCc2cccc(CCl)c2)n1. The number of anilines is 1. The van der Waals surface area contributed by atoms with Gasteiger partial charge in [-0.1, -0.05) is 38.1 Å². The first-order chi connectivity index (χ1) is 8.69. The third kappa shape index (κ3) is 3.43. The lowest BCUT2D eigenvalue weighted by molar-refractivity contribution is 0.799. The van der Waals surface area contributed by atoms with E-state index >= 15 is 0 Å². The zero-order chi connectivity index (χ0) is 13.0. The molecule has 0 spiro atoms. The fourth-order valence-corrected chi connectivity index (χ4v) is 2.41. The minimum atomic E-state index is 0.372. The van der Waals surface area contributed by atoms with Crippen LogP contribution in [0.3, 0.4) is 0 Å². The Morgan fingerprint density at radius 2 is 2.11 bits per heavy atom. The number of rotatable bonds is 5. The van der Waals surface area contributed by atoms with Crippen molar-refractivity contribution in [3.63, 3.8) is 0 Å². The summed E-state index contributed by atoms with van der Waals surface area (Å²) in [5.41, 5.74) is 2.34. The lowest BCUT2D eigenvalue weighted by Gasteiger charge is -2.04. The Hall–Kier alpha value is -1.13. The van der Waals surface area contributed by atoms with E-state index in [2.05, 4.69) is 40.7 Å². The molecule has 0 atom stereocenters. The van der Waals surface area contributed by atoms with Crippen LogP contribution in [0.1, 0.15) is 36.7 Å². The molecule has 0 fully saturated rings. The van der Waals surface area contributed by atoms with E-state index in [1.807, 2.05) is 12.1 Å². The fourth-order valence-electron chi connectivity index (χ4n) is 1.54. The number of benzene rings is 1. The number of alkyl halides is 1. The van der Waals surface area contributed by atoms with Gasteiger partial charge < -0.3 is 5.32 Å². The van der Waals surface area contributed by atoms with Gasteiger partial charge in [-0.25, -0.2) is 4.98 Å². The third-order valence-corrected chi connectivity index (χ3v) is 3.54. The highest BCUT2D eigenvalue weighted by Crippen LogP contribution is 2.18. The number of aromatic nitrogens is 2. The molecule has 1 N–H and O–H groups in total. The molecular weight excluding hydrogens is 266 g/mol. The summed E-state index contributed by atoms with van der Waals surface area (Å²) in [5, 5.41) is 4.16. The molecule has 0 unspecified atom stereocenters. The highest BCUT2D eigenvalue weighted by Gasteiger charge is 2.07. The summed E-state index contributed by atoms with van der Waals surface area (Å²) in [5.74, 6) is 1.82. The molecule has 1 aromatic heterocycles. The van der Waals surface area contributed by atoms with Gasteiger partial charge in [-0.05, 0) is 11.1 Å². The monoisotopic (exact) mass is 281 g/mol. The predicted molar refractivity (Wildman–Crippen MR) is 77.3 cm³/mol. The van der Waals surface area contributed by atoms with Gasteiger partial charge in [-0.2, -0.15) is 4.37 Å². The van der Waals surface area contributed by atoms with Crippen LogP contribution in [-0.2, 0) is 12.4 Å². The summed E-state index contributed by atoms with van der Waals surface area (Å²) in [6.07, 6.45) is 0. The zero-order valence-electron chi connectivity index (χ0n) is 10.5. The molecular formula is C13H16ClN3S. The van der Waals surface area contributed by atoms with E-state index in [9.17, 15) is 0 Å². The van der Waals surface area contributed by atoms with Crippen LogP contribution in [0, 0.1) is 0 Å². The van der Waals surface area contributed by atoms with Crippen molar-refractivity contribution in [1.29, 1.82) is 0 Å². The van der Waals surface area contributed by atoms with Crippen LogP contribution in [0.4, 0.5) is 5.13 Å². The number of nitrogens with one attached hydrogen (secondary N) is 1. The summed E-state index contributed by atoms with van der Waals surface area (Å²) in [6.45, 7) is 4.93. The minimum Gasteiger partial charge on any atom is -0.356 e. The Balaban J connectivity index is 1.97. The Labute approximate surface area is 116 Å². The Morgan fingerprint density at radius 1 is 1.33 bits per heavy atom. The van der Waals surface area contributed by atoms with E-state index in [4.69, 9.17) is 11.6 Å². The number of hydrogen-bond acceptors (Lipinski definition) is 4. The van der Waals surface area contributed by atoms with Crippen molar-refractivity contribution >= 4 is 28.3 Å². The second-order valence-electron chi connectivity index (χ2n) is 4.42. The smallest absolute Gasteiger partial charge is 0.202 e. The molecule has 96 valence electrons. The van der Waals surface area contributed by atoms with Gasteiger partial charge in [-0.15, -0.1) is 11.6 Å². The third-order valence-electron chi connectivity index (χ3n) is 2.55. The van der Waals surface area contributed by atoms with Crippen molar-refractivity contribution in [2.75, 3.05) is 5.32 Å². The van der Waals surface area contributed by atoms with Crippen molar-refractivity contribution in [1.82, 2.24) is 9.36 Å². The normalized spacial score (nSPS) is 10.9. The highest BCUT2D eigenvalue weighted by molar-refractivity contribution is 7.09. The van der Waals surface area contributed by atoms with Crippen LogP contribution in [0.5, 0.6) is 0 Å². The Kier molecular flexibility index (Phi) is 4.55. The molecule has 5 heteroatoms. The highest BCUT2D eigenvalue weighted by atomic mass is 35.5. The van der Waals surface area contributed by atoms with Crippen molar-refractivity contribution in [3.8, 4) is 0 Å². The standard InChI is InChI=1S/C13H16ClN3S/c1-9(2)12-16-13(18-17-12)15-8-11-5-3-4-10(6-11)7-14/h3-6,9H,7-8H2,1-2H3,(H,15,16,17). The van der Waals surface area contributed by atoms with Crippen LogP contribution in [0.2, 0.25) is 0 Å². The van der Waals surface area contributed by atoms with Crippen LogP contribution in [0.15, 0.2) is 24.3 Å². The van der Waals surface area contributed by atoms with Crippen LogP contribution in [0.25, 0.3) is 0 Å². The van der Waals surface area contributed by atoms with Gasteiger partial charge >= 0.3 is 0 Å². The molecule has 0 radical (unpaired) electrons. The van der Waals surface area contributed by atoms with Gasteiger partial charge in [0.1, 0.15) is 5.82 Å². The molecule has 0 aliphatic carbocycles. The second-order valence-corrected chi connectivity index (χ2v) is 5.44. The average molecular weight is 282 g/mol. The second kappa shape index (κ2) is 6.16. The average Bonchev–Trinajstić information content (AvgIpc) is 2.85. The van der Waals surface area contributed by atoms with Crippen molar-refractivity contribution in [3.05, 3.63) is 41.2 Å².